The lowest BCUT2D eigenvalue weighted by Crippen LogP contribution is -2.45. The highest BCUT2D eigenvalue weighted by atomic mass is 16.2. The lowest BCUT2D eigenvalue weighted by Gasteiger charge is -2.24. The predicted molar refractivity (Wildman–Crippen MR) is 95.5 cm³/mol. The third-order valence-corrected chi connectivity index (χ3v) is 5.00. The van der Waals surface area contributed by atoms with Gasteiger partial charge in [-0.2, -0.15) is 0 Å². The molecule has 0 radical (unpaired) electrons. The molecule has 0 bridgehead atoms. The van der Waals surface area contributed by atoms with E-state index in [-0.39, 0.29) is 24.0 Å². The second kappa shape index (κ2) is 6.63. The number of ketones is 2. The van der Waals surface area contributed by atoms with Crippen LogP contribution in [0.2, 0.25) is 0 Å². The van der Waals surface area contributed by atoms with E-state index in [1.54, 1.807) is 18.2 Å². The second-order valence-corrected chi connectivity index (χ2v) is 6.74. The van der Waals surface area contributed by atoms with Gasteiger partial charge in [-0.1, -0.05) is 42.0 Å². The van der Waals surface area contributed by atoms with E-state index in [1.807, 2.05) is 37.3 Å². The van der Waals surface area contributed by atoms with Crippen LogP contribution in [-0.2, 0) is 22.4 Å². The van der Waals surface area contributed by atoms with Crippen molar-refractivity contribution in [1.29, 1.82) is 0 Å². The van der Waals surface area contributed by atoms with Crippen molar-refractivity contribution in [3.05, 3.63) is 70.8 Å². The van der Waals surface area contributed by atoms with Gasteiger partial charge in [-0.3, -0.25) is 14.4 Å². The number of nitrogens with one attached hydrogen (secondary N) is 1. The molecule has 2 aromatic rings. The lowest BCUT2D eigenvalue weighted by molar-refractivity contribution is -0.138. The van der Waals surface area contributed by atoms with Crippen LogP contribution in [0.1, 0.15) is 34.0 Å². The van der Waals surface area contributed by atoms with Crippen LogP contribution in [0.3, 0.4) is 0 Å². The molecule has 0 spiro atoms. The van der Waals surface area contributed by atoms with Crippen molar-refractivity contribution in [2.75, 3.05) is 6.54 Å². The van der Waals surface area contributed by atoms with Crippen LogP contribution in [0, 0.1) is 12.3 Å². The summed E-state index contributed by atoms with van der Waals surface area (Å²) in [6, 6.07) is 14.9. The minimum atomic E-state index is -1.05. The number of amides is 1. The normalized spacial score (nSPS) is 14.6. The SMILES string of the molecule is CC(=O)C1(C(=O)CNC(=O)c2cccc(C)c2)Cc2ccccc2C1. The first kappa shape index (κ1) is 17.1. The quantitative estimate of drug-likeness (QED) is 0.855. The molecule has 0 atom stereocenters. The molecule has 0 unspecified atom stereocenters. The van der Waals surface area contributed by atoms with E-state index in [0.717, 1.165) is 16.7 Å². The summed E-state index contributed by atoms with van der Waals surface area (Å²) in [7, 11) is 0. The molecule has 4 nitrogen and oxygen atoms in total. The molecule has 4 heteroatoms. The highest BCUT2D eigenvalue weighted by molar-refractivity contribution is 6.09. The summed E-state index contributed by atoms with van der Waals surface area (Å²) in [4.78, 5) is 37.4. The first-order chi connectivity index (χ1) is 11.9. The molecule has 0 fully saturated rings. The van der Waals surface area contributed by atoms with Crippen molar-refractivity contribution < 1.29 is 14.4 Å². The van der Waals surface area contributed by atoms with E-state index in [4.69, 9.17) is 0 Å². The van der Waals surface area contributed by atoms with Crippen molar-refractivity contribution >= 4 is 17.5 Å². The number of Topliss-reactive ketones (excluding diaryl/α,β-unsaturated/α-hetero) is 2. The van der Waals surface area contributed by atoms with Crippen molar-refractivity contribution in [2.24, 2.45) is 5.41 Å². The van der Waals surface area contributed by atoms with Gasteiger partial charge in [-0.05, 0) is 49.9 Å². The summed E-state index contributed by atoms with van der Waals surface area (Å²) in [5, 5.41) is 2.67. The molecule has 2 aromatic carbocycles. The van der Waals surface area contributed by atoms with E-state index in [0.29, 0.717) is 18.4 Å². The lowest BCUT2D eigenvalue weighted by atomic mass is 9.77. The zero-order valence-corrected chi connectivity index (χ0v) is 14.5. The zero-order valence-electron chi connectivity index (χ0n) is 14.5. The third-order valence-electron chi connectivity index (χ3n) is 5.00. The van der Waals surface area contributed by atoms with Crippen molar-refractivity contribution in [2.45, 2.75) is 26.7 Å². The Bertz CT molecular complexity index is 829. The van der Waals surface area contributed by atoms with Crippen LogP contribution >= 0.6 is 0 Å². The fraction of sp³-hybridized carbons (Fsp3) is 0.286. The van der Waals surface area contributed by atoms with Gasteiger partial charge in [-0.25, -0.2) is 0 Å². The van der Waals surface area contributed by atoms with Gasteiger partial charge < -0.3 is 5.32 Å². The molecular weight excluding hydrogens is 314 g/mol. The average Bonchev–Trinajstić information content (AvgIpc) is 3.00. The molecule has 0 aliphatic heterocycles. The van der Waals surface area contributed by atoms with Crippen LogP contribution in [0.5, 0.6) is 0 Å². The average molecular weight is 335 g/mol. The summed E-state index contributed by atoms with van der Waals surface area (Å²) in [6.07, 6.45) is 0.829. The summed E-state index contributed by atoms with van der Waals surface area (Å²) in [5.41, 5.74) is 2.51. The molecule has 3 rings (SSSR count). The number of hydrogen-bond donors (Lipinski definition) is 1. The largest absolute Gasteiger partial charge is 0.345 e. The Kier molecular flexibility index (Phi) is 4.53. The summed E-state index contributed by atoms with van der Waals surface area (Å²) < 4.78 is 0. The molecule has 25 heavy (non-hydrogen) atoms. The first-order valence-corrected chi connectivity index (χ1v) is 8.38. The number of carbonyl (C=O) groups excluding carboxylic acids is 3. The van der Waals surface area contributed by atoms with Crippen molar-refractivity contribution in [1.82, 2.24) is 5.32 Å². The number of carbonyl (C=O) groups is 3. The van der Waals surface area contributed by atoms with Gasteiger partial charge in [0.05, 0.1) is 12.0 Å². The van der Waals surface area contributed by atoms with Gasteiger partial charge in [0.1, 0.15) is 5.78 Å². The van der Waals surface area contributed by atoms with Gasteiger partial charge in [0.2, 0.25) is 0 Å². The number of aryl methyl sites for hydroxylation is 1. The summed E-state index contributed by atoms with van der Waals surface area (Å²) >= 11 is 0. The monoisotopic (exact) mass is 335 g/mol. The standard InChI is InChI=1S/C21H21NO3/c1-14-6-5-9-16(10-14)20(25)22-13-19(24)21(15(2)23)11-17-7-3-4-8-18(17)12-21/h3-10H,11-13H2,1-2H3,(H,22,25). The van der Waals surface area contributed by atoms with Gasteiger partial charge >= 0.3 is 0 Å². The van der Waals surface area contributed by atoms with E-state index in [1.165, 1.54) is 6.92 Å². The molecule has 1 N–H and O–H groups in total. The summed E-state index contributed by atoms with van der Waals surface area (Å²) in [6.45, 7) is 3.23. The minimum Gasteiger partial charge on any atom is -0.345 e. The highest BCUT2D eigenvalue weighted by Crippen LogP contribution is 2.38. The van der Waals surface area contributed by atoms with Crippen LogP contribution < -0.4 is 5.32 Å². The number of benzene rings is 2. The van der Waals surface area contributed by atoms with E-state index < -0.39 is 5.41 Å². The highest BCUT2D eigenvalue weighted by Gasteiger charge is 2.47. The Morgan fingerprint density at radius 3 is 2.20 bits per heavy atom. The maximum Gasteiger partial charge on any atom is 0.251 e. The molecular formula is C21H21NO3. The summed E-state index contributed by atoms with van der Waals surface area (Å²) in [5.74, 6) is -0.665. The zero-order chi connectivity index (χ0) is 18.0. The van der Waals surface area contributed by atoms with Crippen molar-refractivity contribution in [3.63, 3.8) is 0 Å². The van der Waals surface area contributed by atoms with Gasteiger partial charge in [0, 0.05) is 5.56 Å². The fourth-order valence-electron chi connectivity index (χ4n) is 3.48. The van der Waals surface area contributed by atoms with E-state index in [2.05, 4.69) is 5.32 Å². The Balaban J connectivity index is 1.73. The number of fused-ring (bicyclic) bond motifs is 1. The molecule has 1 aliphatic carbocycles. The number of rotatable bonds is 5. The van der Waals surface area contributed by atoms with Crippen molar-refractivity contribution in [3.8, 4) is 0 Å². The maximum atomic E-state index is 12.8. The van der Waals surface area contributed by atoms with Gasteiger partial charge in [0.15, 0.2) is 5.78 Å². The van der Waals surface area contributed by atoms with Gasteiger partial charge in [0.25, 0.3) is 5.91 Å². The Hall–Kier alpha value is -2.75. The maximum absolute atomic E-state index is 12.8. The van der Waals surface area contributed by atoms with Gasteiger partial charge in [-0.15, -0.1) is 0 Å². The third kappa shape index (κ3) is 3.25. The van der Waals surface area contributed by atoms with E-state index >= 15 is 0 Å². The topological polar surface area (TPSA) is 63.2 Å². The Morgan fingerprint density at radius 2 is 1.64 bits per heavy atom. The Labute approximate surface area is 147 Å². The fourth-order valence-corrected chi connectivity index (χ4v) is 3.48. The van der Waals surface area contributed by atoms with Crippen LogP contribution in [-0.4, -0.2) is 24.0 Å². The Morgan fingerprint density at radius 1 is 1.00 bits per heavy atom. The van der Waals surface area contributed by atoms with E-state index in [9.17, 15) is 14.4 Å². The molecule has 0 saturated heterocycles. The molecule has 0 saturated carbocycles. The van der Waals surface area contributed by atoms with Crippen LogP contribution in [0.15, 0.2) is 48.5 Å². The second-order valence-electron chi connectivity index (χ2n) is 6.74. The van der Waals surface area contributed by atoms with Crippen LogP contribution in [0.25, 0.3) is 0 Å². The minimum absolute atomic E-state index is 0.139. The number of hydrogen-bond acceptors (Lipinski definition) is 3. The molecule has 0 heterocycles. The first-order valence-electron chi connectivity index (χ1n) is 8.38. The predicted octanol–water partition coefficient (Wildman–Crippen LogP) is 2.67. The molecule has 128 valence electrons. The van der Waals surface area contributed by atoms with Crippen LogP contribution in [0.4, 0.5) is 0 Å². The smallest absolute Gasteiger partial charge is 0.251 e. The molecule has 1 amide bonds. The molecule has 1 aliphatic rings. The molecule has 0 aromatic heterocycles.